The van der Waals surface area contributed by atoms with Crippen molar-refractivity contribution in [3.8, 4) is 23.1 Å². The highest BCUT2D eigenvalue weighted by atomic mass is 19.1. The standard InChI is InChI=1S/C19H13FN4O4/c20-10-3-1-9(2-4-10)16-13(7-23-24-16)15-12(6-21)19(22)28-17-14(26)5-11(8-25)27-18(15)17/h1-5,7,15,25H,8,22H2,(H,23,24)/t15-/m1/s1. The smallest absolute Gasteiger partial charge is 0.228 e. The van der Waals surface area contributed by atoms with E-state index in [1.54, 1.807) is 12.1 Å². The van der Waals surface area contributed by atoms with E-state index in [1.165, 1.54) is 18.3 Å². The third-order valence-electron chi connectivity index (χ3n) is 4.40. The highest BCUT2D eigenvalue weighted by Gasteiger charge is 2.37. The molecule has 0 saturated heterocycles. The minimum Gasteiger partial charge on any atom is -0.458 e. The van der Waals surface area contributed by atoms with Crippen molar-refractivity contribution in [1.29, 1.82) is 5.26 Å². The topological polar surface area (TPSA) is 138 Å². The maximum Gasteiger partial charge on any atom is 0.228 e. The number of fused-ring (bicyclic) bond motifs is 1. The summed E-state index contributed by atoms with van der Waals surface area (Å²) in [5, 5.41) is 25.9. The first-order chi connectivity index (χ1) is 13.5. The lowest BCUT2D eigenvalue weighted by molar-refractivity contribution is 0.231. The second-order valence-corrected chi connectivity index (χ2v) is 6.06. The number of hydrogen-bond donors (Lipinski definition) is 3. The molecule has 3 aromatic rings. The number of nitrogens with two attached hydrogens (primary N) is 1. The minimum absolute atomic E-state index is 0.0157. The summed E-state index contributed by atoms with van der Waals surface area (Å²) in [6.07, 6.45) is 1.47. The van der Waals surface area contributed by atoms with Crippen LogP contribution in [-0.2, 0) is 6.61 Å². The van der Waals surface area contributed by atoms with Crippen LogP contribution >= 0.6 is 0 Å². The van der Waals surface area contributed by atoms with Gasteiger partial charge in [0.2, 0.25) is 17.1 Å². The van der Waals surface area contributed by atoms with Crippen LogP contribution in [0.15, 0.2) is 57.2 Å². The molecule has 1 aliphatic heterocycles. The normalized spacial score (nSPS) is 15.7. The summed E-state index contributed by atoms with van der Waals surface area (Å²) in [4.78, 5) is 12.4. The largest absolute Gasteiger partial charge is 0.458 e. The molecule has 0 spiro atoms. The Balaban J connectivity index is 1.97. The lowest BCUT2D eigenvalue weighted by Gasteiger charge is -2.24. The monoisotopic (exact) mass is 380 g/mol. The van der Waals surface area contributed by atoms with Crippen molar-refractivity contribution in [3.05, 3.63) is 81.1 Å². The van der Waals surface area contributed by atoms with Gasteiger partial charge in [0.05, 0.1) is 17.8 Å². The molecule has 0 fully saturated rings. The van der Waals surface area contributed by atoms with E-state index in [0.29, 0.717) is 16.8 Å². The molecule has 3 heterocycles. The van der Waals surface area contributed by atoms with Crippen molar-refractivity contribution < 1.29 is 18.7 Å². The van der Waals surface area contributed by atoms with E-state index in [1.807, 2.05) is 6.07 Å². The molecule has 28 heavy (non-hydrogen) atoms. The summed E-state index contributed by atoms with van der Waals surface area (Å²) >= 11 is 0. The molecule has 4 rings (SSSR count). The number of aromatic amines is 1. The number of H-pyrrole nitrogens is 1. The third-order valence-corrected chi connectivity index (χ3v) is 4.40. The Bertz CT molecular complexity index is 1190. The van der Waals surface area contributed by atoms with Crippen molar-refractivity contribution >= 4 is 0 Å². The van der Waals surface area contributed by atoms with Crippen LogP contribution in [0.3, 0.4) is 0 Å². The summed E-state index contributed by atoms with van der Waals surface area (Å²) in [7, 11) is 0. The Morgan fingerprint density at radius 1 is 1.36 bits per heavy atom. The molecule has 4 N–H and O–H groups in total. The fourth-order valence-corrected chi connectivity index (χ4v) is 3.14. The number of ether oxygens (including phenoxy) is 1. The molecule has 0 unspecified atom stereocenters. The molecule has 0 aliphatic carbocycles. The number of allylic oxidation sites excluding steroid dienone is 1. The molecule has 1 aromatic carbocycles. The highest BCUT2D eigenvalue weighted by Crippen LogP contribution is 2.43. The Hall–Kier alpha value is -3.90. The molecular formula is C19H13FN4O4. The summed E-state index contributed by atoms with van der Waals surface area (Å²) in [5.74, 6) is -1.64. The van der Waals surface area contributed by atoms with E-state index in [2.05, 4.69) is 10.2 Å². The van der Waals surface area contributed by atoms with E-state index in [4.69, 9.17) is 14.9 Å². The fraction of sp³-hybridized carbons (Fsp3) is 0.105. The SMILES string of the molecule is N#CC1=C(N)Oc2c(oc(CO)cc2=O)[C@H]1c1cn[nH]c1-c1ccc(F)cc1. The quantitative estimate of drug-likeness (QED) is 0.630. The van der Waals surface area contributed by atoms with Gasteiger partial charge in [-0.2, -0.15) is 10.4 Å². The first-order valence-corrected chi connectivity index (χ1v) is 8.18. The van der Waals surface area contributed by atoms with Crippen molar-refractivity contribution in [2.45, 2.75) is 12.5 Å². The Morgan fingerprint density at radius 3 is 2.79 bits per heavy atom. The van der Waals surface area contributed by atoms with E-state index in [0.717, 1.165) is 6.07 Å². The van der Waals surface area contributed by atoms with Gasteiger partial charge in [-0.25, -0.2) is 4.39 Å². The van der Waals surface area contributed by atoms with Crippen molar-refractivity contribution in [2.75, 3.05) is 0 Å². The van der Waals surface area contributed by atoms with Crippen LogP contribution in [0.4, 0.5) is 4.39 Å². The number of hydrogen-bond acceptors (Lipinski definition) is 7. The summed E-state index contributed by atoms with van der Waals surface area (Å²) in [6.45, 7) is -0.507. The van der Waals surface area contributed by atoms with Crippen molar-refractivity contribution in [2.24, 2.45) is 5.73 Å². The molecule has 0 radical (unpaired) electrons. The number of aromatic nitrogens is 2. The number of rotatable bonds is 3. The van der Waals surface area contributed by atoms with Gasteiger partial charge in [-0.1, -0.05) is 0 Å². The summed E-state index contributed by atoms with van der Waals surface area (Å²) in [5.41, 5.74) is 6.94. The Kier molecular flexibility index (Phi) is 4.18. The van der Waals surface area contributed by atoms with Gasteiger partial charge < -0.3 is 20.0 Å². The second-order valence-electron chi connectivity index (χ2n) is 6.06. The number of nitrogens with one attached hydrogen (secondary N) is 1. The van der Waals surface area contributed by atoms with E-state index < -0.39 is 23.8 Å². The Morgan fingerprint density at radius 2 is 2.11 bits per heavy atom. The van der Waals surface area contributed by atoms with Gasteiger partial charge in [-0.3, -0.25) is 9.89 Å². The van der Waals surface area contributed by atoms with Crippen LogP contribution in [0.5, 0.6) is 5.75 Å². The van der Waals surface area contributed by atoms with Gasteiger partial charge in [0, 0.05) is 17.2 Å². The van der Waals surface area contributed by atoms with Crippen molar-refractivity contribution in [3.63, 3.8) is 0 Å². The first kappa shape index (κ1) is 17.5. The maximum atomic E-state index is 13.3. The molecule has 9 heteroatoms. The number of halogens is 1. The number of aliphatic hydroxyl groups excluding tert-OH is 1. The highest BCUT2D eigenvalue weighted by molar-refractivity contribution is 5.67. The van der Waals surface area contributed by atoms with Crippen molar-refractivity contribution in [1.82, 2.24) is 10.2 Å². The lowest BCUT2D eigenvalue weighted by Crippen LogP contribution is -2.25. The molecular weight excluding hydrogens is 367 g/mol. The molecule has 140 valence electrons. The predicted molar refractivity (Wildman–Crippen MR) is 94.2 cm³/mol. The molecule has 1 aliphatic rings. The van der Waals surface area contributed by atoms with Gasteiger partial charge in [0.25, 0.3) is 0 Å². The predicted octanol–water partition coefficient (Wildman–Crippen LogP) is 1.88. The maximum absolute atomic E-state index is 13.3. The van der Waals surface area contributed by atoms with Crippen LogP contribution in [0, 0.1) is 17.1 Å². The molecule has 0 saturated carbocycles. The molecule has 8 nitrogen and oxygen atoms in total. The fourth-order valence-electron chi connectivity index (χ4n) is 3.14. The number of nitrogens with zero attached hydrogens (tertiary/aromatic N) is 2. The van der Waals surface area contributed by atoms with Gasteiger partial charge in [-0.05, 0) is 24.3 Å². The van der Waals surface area contributed by atoms with E-state index in [9.17, 15) is 19.6 Å². The van der Waals surface area contributed by atoms with Crippen LogP contribution in [0.25, 0.3) is 11.3 Å². The number of aliphatic hydroxyl groups is 1. The zero-order chi connectivity index (χ0) is 19.8. The van der Waals surface area contributed by atoms with Gasteiger partial charge >= 0.3 is 0 Å². The van der Waals surface area contributed by atoms with Gasteiger partial charge in [0.1, 0.15) is 29.8 Å². The van der Waals surface area contributed by atoms with Crippen LogP contribution in [-0.4, -0.2) is 15.3 Å². The summed E-state index contributed by atoms with van der Waals surface area (Å²) in [6, 6.07) is 8.75. The summed E-state index contributed by atoms with van der Waals surface area (Å²) < 4.78 is 24.3. The van der Waals surface area contributed by atoms with E-state index >= 15 is 0 Å². The van der Waals surface area contributed by atoms with Crippen LogP contribution < -0.4 is 15.9 Å². The lowest BCUT2D eigenvalue weighted by atomic mass is 9.86. The molecule has 0 amide bonds. The molecule has 1 atom stereocenters. The van der Waals surface area contributed by atoms with Crippen LogP contribution in [0.1, 0.15) is 23.0 Å². The molecule has 2 aromatic heterocycles. The number of benzene rings is 1. The average molecular weight is 380 g/mol. The number of nitriles is 1. The second kappa shape index (κ2) is 6.68. The Labute approximate surface area is 157 Å². The van der Waals surface area contributed by atoms with Gasteiger partial charge in [0.15, 0.2) is 5.76 Å². The zero-order valence-electron chi connectivity index (χ0n) is 14.3. The molecule has 0 bridgehead atoms. The van der Waals surface area contributed by atoms with E-state index in [-0.39, 0.29) is 28.7 Å². The zero-order valence-corrected chi connectivity index (χ0v) is 14.3. The van der Waals surface area contributed by atoms with Crippen LogP contribution in [0.2, 0.25) is 0 Å². The minimum atomic E-state index is -0.897. The van der Waals surface area contributed by atoms with Gasteiger partial charge in [-0.15, -0.1) is 0 Å². The first-order valence-electron chi connectivity index (χ1n) is 8.18. The average Bonchev–Trinajstić information content (AvgIpc) is 3.17. The third kappa shape index (κ3) is 2.72.